The number of nitro benzene ring substituents is 1. The lowest BCUT2D eigenvalue weighted by atomic mass is 9.91. The first-order valence-electron chi connectivity index (χ1n) is 7.57. The topological polar surface area (TPSA) is 61.0 Å². The number of nitrogens with zero attached hydrogens (tertiary/aromatic N) is 3. The summed E-state index contributed by atoms with van der Waals surface area (Å²) < 4.78 is 1.97. The lowest BCUT2D eigenvalue weighted by Crippen LogP contribution is -2.11. The van der Waals surface area contributed by atoms with Gasteiger partial charge in [-0.15, -0.1) is 0 Å². The molecule has 2 aromatic carbocycles. The Bertz CT molecular complexity index is 834. The molecular weight excluding hydrogens is 326 g/mol. The van der Waals surface area contributed by atoms with E-state index >= 15 is 0 Å². The average molecular weight is 342 g/mol. The summed E-state index contributed by atoms with van der Waals surface area (Å²) in [6, 6.07) is 14.5. The standard InChI is InChI=1S/C18H16ClN3O2/c19-18-7-2-1-4-15(18)10-16(12-21-9-8-20-13-21)14-5-3-6-17(11-14)22(23)24/h1-9,11,13,16H,10,12H2. The van der Waals surface area contributed by atoms with Gasteiger partial charge < -0.3 is 4.57 Å². The van der Waals surface area contributed by atoms with Crippen molar-refractivity contribution in [2.45, 2.75) is 18.9 Å². The minimum absolute atomic E-state index is 0.0546. The molecule has 0 radical (unpaired) electrons. The van der Waals surface area contributed by atoms with Gasteiger partial charge in [-0.1, -0.05) is 41.9 Å². The minimum Gasteiger partial charge on any atom is -0.337 e. The maximum Gasteiger partial charge on any atom is 0.269 e. The van der Waals surface area contributed by atoms with Crippen LogP contribution in [0.5, 0.6) is 0 Å². The van der Waals surface area contributed by atoms with Crippen LogP contribution in [-0.4, -0.2) is 14.5 Å². The Hall–Kier alpha value is -2.66. The molecule has 1 atom stereocenters. The Morgan fingerprint density at radius 2 is 2.04 bits per heavy atom. The maximum atomic E-state index is 11.1. The third-order valence-electron chi connectivity index (χ3n) is 3.97. The number of hydrogen-bond acceptors (Lipinski definition) is 3. The van der Waals surface area contributed by atoms with Gasteiger partial charge in [0.1, 0.15) is 0 Å². The number of rotatable bonds is 6. The lowest BCUT2D eigenvalue weighted by molar-refractivity contribution is -0.384. The summed E-state index contributed by atoms with van der Waals surface area (Å²) in [6.45, 7) is 0.673. The van der Waals surface area contributed by atoms with Crippen LogP contribution in [0.25, 0.3) is 0 Å². The molecule has 0 fully saturated rings. The Labute approximate surface area is 144 Å². The average Bonchev–Trinajstić information content (AvgIpc) is 3.09. The second-order valence-corrected chi connectivity index (χ2v) is 6.01. The van der Waals surface area contributed by atoms with E-state index in [2.05, 4.69) is 4.98 Å². The molecule has 24 heavy (non-hydrogen) atoms. The highest BCUT2D eigenvalue weighted by atomic mass is 35.5. The number of nitro groups is 1. The number of non-ortho nitro benzene ring substituents is 1. The van der Waals surface area contributed by atoms with Crippen LogP contribution >= 0.6 is 11.6 Å². The molecule has 0 N–H and O–H groups in total. The molecule has 3 aromatic rings. The van der Waals surface area contributed by atoms with Crippen molar-refractivity contribution >= 4 is 17.3 Å². The molecule has 0 amide bonds. The zero-order chi connectivity index (χ0) is 16.9. The van der Waals surface area contributed by atoms with Crippen molar-refractivity contribution in [1.82, 2.24) is 9.55 Å². The van der Waals surface area contributed by atoms with E-state index in [9.17, 15) is 10.1 Å². The monoisotopic (exact) mass is 341 g/mol. The van der Waals surface area contributed by atoms with Gasteiger partial charge in [-0.2, -0.15) is 0 Å². The fraction of sp³-hybridized carbons (Fsp3) is 0.167. The molecule has 1 heterocycles. The van der Waals surface area contributed by atoms with E-state index in [1.54, 1.807) is 24.7 Å². The summed E-state index contributed by atoms with van der Waals surface area (Å²) in [7, 11) is 0. The summed E-state index contributed by atoms with van der Waals surface area (Å²) >= 11 is 6.29. The highest BCUT2D eigenvalue weighted by Crippen LogP contribution is 2.28. The van der Waals surface area contributed by atoms with Gasteiger partial charge in [0.2, 0.25) is 0 Å². The summed E-state index contributed by atoms with van der Waals surface area (Å²) in [6.07, 6.45) is 6.05. The van der Waals surface area contributed by atoms with Crippen LogP contribution in [0.3, 0.4) is 0 Å². The number of aromatic nitrogens is 2. The first-order chi connectivity index (χ1) is 11.6. The normalized spacial score (nSPS) is 12.0. The lowest BCUT2D eigenvalue weighted by Gasteiger charge is -2.19. The molecule has 122 valence electrons. The Kier molecular flexibility index (Phi) is 4.91. The predicted molar refractivity (Wildman–Crippen MR) is 93.2 cm³/mol. The van der Waals surface area contributed by atoms with Crippen LogP contribution in [0.1, 0.15) is 17.0 Å². The summed E-state index contributed by atoms with van der Waals surface area (Å²) in [5, 5.41) is 11.8. The molecule has 0 aliphatic heterocycles. The van der Waals surface area contributed by atoms with Crippen LogP contribution in [0.4, 0.5) is 5.69 Å². The molecule has 1 unspecified atom stereocenters. The summed E-state index contributed by atoms with van der Waals surface area (Å²) in [5.41, 5.74) is 2.04. The van der Waals surface area contributed by atoms with Crippen LogP contribution in [0, 0.1) is 10.1 Å². The second-order valence-electron chi connectivity index (χ2n) is 5.60. The van der Waals surface area contributed by atoms with E-state index in [1.165, 1.54) is 6.07 Å². The van der Waals surface area contributed by atoms with Crippen molar-refractivity contribution in [3.8, 4) is 0 Å². The van der Waals surface area contributed by atoms with E-state index in [4.69, 9.17) is 11.6 Å². The van der Waals surface area contributed by atoms with E-state index in [0.717, 1.165) is 11.1 Å². The Balaban J connectivity index is 1.94. The highest BCUT2D eigenvalue weighted by molar-refractivity contribution is 6.31. The van der Waals surface area contributed by atoms with Gasteiger partial charge >= 0.3 is 0 Å². The Morgan fingerprint density at radius 3 is 2.75 bits per heavy atom. The molecule has 0 saturated carbocycles. The molecule has 1 aromatic heterocycles. The van der Waals surface area contributed by atoms with Crippen molar-refractivity contribution in [3.05, 3.63) is 93.5 Å². The minimum atomic E-state index is -0.368. The number of imidazole rings is 1. The van der Waals surface area contributed by atoms with E-state index in [1.807, 2.05) is 41.1 Å². The van der Waals surface area contributed by atoms with E-state index in [-0.39, 0.29) is 16.5 Å². The van der Waals surface area contributed by atoms with Crippen LogP contribution in [-0.2, 0) is 13.0 Å². The van der Waals surface area contributed by atoms with Crippen LogP contribution < -0.4 is 0 Å². The van der Waals surface area contributed by atoms with Gasteiger partial charge in [0.05, 0.1) is 11.3 Å². The quantitative estimate of drug-likeness (QED) is 0.491. The van der Waals surface area contributed by atoms with Gasteiger partial charge in [-0.3, -0.25) is 10.1 Å². The van der Waals surface area contributed by atoms with Gasteiger partial charge in [0.25, 0.3) is 5.69 Å². The van der Waals surface area contributed by atoms with Gasteiger partial charge in [-0.25, -0.2) is 4.98 Å². The first kappa shape index (κ1) is 16.2. The number of hydrogen-bond donors (Lipinski definition) is 0. The Morgan fingerprint density at radius 1 is 1.21 bits per heavy atom. The number of benzene rings is 2. The van der Waals surface area contributed by atoms with Crippen molar-refractivity contribution in [2.75, 3.05) is 0 Å². The molecule has 5 nitrogen and oxygen atoms in total. The molecule has 6 heteroatoms. The van der Waals surface area contributed by atoms with Gasteiger partial charge in [0, 0.05) is 42.0 Å². The molecule has 3 rings (SSSR count). The van der Waals surface area contributed by atoms with E-state index in [0.29, 0.717) is 18.0 Å². The third kappa shape index (κ3) is 3.81. The predicted octanol–water partition coefficient (Wildman–Crippen LogP) is 4.47. The first-order valence-corrected chi connectivity index (χ1v) is 7.95. The van der Waals surface area contributed by atoms with Crippen molar-refractivity contribution in [2.24, 2.45) is 0 Å². The summed E-state index contributed by atoms with van der Waals surface area (Å²) in [5.74, 6) is 0.0546. The zero-order valence-corrected chi connectivity index (χ0v) is 13.6. The zero-order valence-electron chi connectivity index (χ0n) is 12.9. The molecule has 0 aliphatic carbocycles. The van der Waals surface area contributed by atoms with Crippen LogP contribution in [0.15, 0.2) is 67.3 Å². The van der Waals surface area contributed by atoms with Gasteiger partial charge in [-0.05, 0) is 23.6 Å². The maximum absolute atomic E-state index is 11.1. The van der Waals surface area contributed by atoms with Gasteiger partial charge in [0.15, 0.2) is 0 Å². The molecule has 0 saturated heterocycles. The molecule has 0 aliphatic rings. The SMILES string of the molecule is O=[N+]([O-])c1cccc(C(Cc2ccccc2Cl)Cn2ccnc2)c1. The fourth-order valence-electron chi connectivity index (χ4n) is 2.76. The smallest absolute Gasteiger partial charge is 0.269 e. The highest BCUT2D eigenvalue weighted by Gasteiger charge is 2.17. The molecule has 0 bridgehead atoms. The van der Waals surface area contributed by atoms with Crippen molar-refractivity contribution in [1.29, 1.82) is 0 Å². The summed E-state index contributed by atoms with van der Waals surface area (Å²) in [4.78, 5) is 14.8. The van der Waals surface area contributed by atoms with Crippen LogP contribution in [0.2, 0.25) is 5.02 Å². The molecular formula is C18H16ClN3O2. The van der Waals surface area contributed by atoms with E-state index < -0.39 is 0 Å². The fourth-order valence-corrected chi connectivity index (χ4v) is 2.97. The number of halogens is 1. The molecule has 0 spiro atoms. The van der Waals surface area contributed by atoms with Crippen molar-refractivity contribution < 1.29 is 4.92 Å². The third-order valence-corrected chi connectivity index (χ3v) is 4.34. The van der Waals surface area contributed by atoms with Crippen molar-refractivity contribution in [3.63, 3.8) is 0 Å². The largest absolute Gasteiger partial charge is 0.337 e. The second kappa shape index (κ2) is 7.27.